The van der Waals surface area contributed by atoms with Crippen LogP contribution in [0.25, 0.3) is 0 Å². The number of esters is 1. The lowest BCUT2D eigenvalue weighted by Crippen LogP contribution is -2.12. The molecule has 1 aromatic rings. The van der Waals surface area contributed by atoms with Crippen molar-refractivity contribution in [1.82, 2.24) is 9.97 Å². The zero-order valence-electron chi connectivity index (χ0n) is 10.1. The number of carbonyl (C=O) groups is 1. The highest BCUT2D eigenvalue weighted by molar-refractivity contribution is 6.35. The fourth-order valence-electron chi connectivity index (χ4n) is 1.51. The predicted octanol–water partition coefficient (Wildman–Crippen LogP) is 2.39. The summed E-state index contributed by atoms with van der Waals surface area (Å²) in [5.41, 5.74) is 0.114. The molecule has 0 saturated heterocycles. The molecule has 2 rings (SSSR count). The van der Waals surface area contributed by atoms with Gasteiger partial charge in [-0.05, 0) is 12.8 Å². The van der Waals surface area contributed by atoms with Crippen LogP contribution >= 0.6 is 11.6 Å². The van der Waals surface area contributed by atoms with E-state index in [0.29, 0.717) is 24.1 Å². The predicted molar refractivity (Wildman–Crippen MR) is 69.0 cm³/mol. The summed E-state index contributed by atoms with van der Waals surface area (Å²) >= 11 is 6.09. The summed E-state index contributed by atoms with van der Waals surface area (Å²) in [4.78, 5) is 20.1. The van der Waals surface area contributed by atoms with E-state index in [4.69, 9.17) is 11.6 Å². The topological polar surface area (TPSA) is 64.1 Å². The molecule has 6 heteroatoms. The van der Waals surface area contributed by atoms with Crippen LogP contribution in [0, 0.1) is 0 Å². The van der Waals surface area contributed by atoms with Crippen LogP contribution < -0.4 is 5.32 Å². The fourth-order valence-corrected chi connectivity index (χ4v) is 1.73. The molecule has 96 valence electrons. The minimum atomic E-state index is -0.550. The van der Waals surface area contributed by atoms with E-state index in [1.807, 2.05) is 0 Å². The molecule has 0 aromatic carbocycles. The van der Waals surface area contributed by atoms with Gasteiger partial charge in [-0.3, -0.25) is 0 Å². The molecule has 1 saturated carbocycles. The van der Waals surface area contributed by atoms with Crippen LogP contribution in [0.1, 0.15) is 35.1 Å². The van der Waals surface area contributed by atoms with Crippen molar-refractivity contribution in [1.29, 1.82) is 0 Å². The summed E-state index contributed by atoms with van der Waals surface area (Å²) in [5.74, 6) is 0.876. The third-order valence-electron chi connectivity index (χ3n) is 2.60. The lowest BCUT2D eigenvalue weighted by Gasteiger charge is -2.10. The average Bonchev–Trinajstić information content (AvgIpc) is 3.21. The highest BCUT2D eigenvalue weighted by atomic mass is 35.5. The first-order valence-electron chi connectivity index (χ1n) is 5.68. The Morgan fingerprint density at radius 1 is 1.61 bits per heavy atom. The van der Waals surface area contributed by atoms with Gasteiger partial charge in [-0.1, -0.05) is 17.7 Å². The minimum absolute atomic E-state index is 0.114. The Labute approximate surface area is 110 Å². The quantitative estimate of drug-likeness (QED) is 0.655. The molecule has 0 amide bonds. The van der Waals surface area contributed by atoms with Crippen molar-refractivity contribution >= 4 is 23.4 Å². The minimum Gasteiger partial charge on any atom is -0.464 e. The van der Waals surface area contributed by atoms with E-state index >= 15 is 0 Å². The average molecular weight is 268 g/mol. The van der Waals surface area contributed by atoms with Crippen LogP contribution in [-0.2, 0) is 4.74 Å². The van der Waals surface area contributed by atoms with Crippen molar-refractivity contribution < 1.29 is 9.53 Å². The number of ether oxygens (including phenoxy) is 1. The summed E-state index contributed by atoms with van der Waals surface area (Å²) in [7, 11) is 1.30. The van der Waals surface area contributed by atoms with Crippen LogP contribution in [0.5, 0.6) is 0 Å². The number of anilines is 1. The van der Waals surface area contributed by atoms with Crippen molar-refractivity contribution in [3.8, 4) is 0 Å². The number of halogens is 1. The van der Waals surface area contributed by atoms with Crippen molar-refractivity contribution in [3.05, 3.63) is 29.2 Å². The molecular formula is C12H14ClN3O2. The van der Waals surface area contributed by atoms with Gasteiger partial charge in [0.15, 0.2) is 5.69 Å². The normalized spacial score (nSPS) is 14.1. The van der Waals surface area contributed by atoms with E-state index in [1.165, 1.54) is 7.11 Å². The van der Waals surface area contributed by atoms with Crippen molar-refractivity contribution in [3.63, 3.8) is 0 Å². The number of methoxy groups -OCH3 is 1. The Morgan fingerprint density at radius 3 is 2.89 bits per heavy atom. The number of aromatic nitrogens is 2. The number of rotatable bonds is 5. The van der Waals surface area contributed by atoms with Gasteiger partial charge in [0, 0.05) is 12.5 Å². The molecule has 1 fully saturated rings. The first kappa shape index (κ1) is 12.8. The van der Waals surface area contributed by atoms with Gasteiger partial charge in [-0.2, -0.15) is 0 Å². The molecule has 5 nitrogen and oxygen atoms in total. The van der Waals surface area contributed by atoms with E-state index in [0.717, 1.165) is 12.8 Å². The molecule has 1 aliphatic rings. The second-order valence-corrected chi connectivity index (χ2v) is 4.41. The van der Waals surface area contributed by atoms with Gasteiger partial charge in [0.2, 0.25) is 0 Å². The first-order valence-corrected chi connectivity index (χ1v) is 6.05. The number of hydrogen-bond donors (Lipinski definition) is 1. The molecule has 0 spiro atoms. The molecular weight excluding hydrogens is 254 g/mol. The Bertz CT molecular complexity index is 486. The van der Waals surface area contributed by atoms with Crippen molar-refractivity contribution in [2.75, 3.05) is 19.0 Å². The van der Waals surface area contributed by atoms with Crippen LogP contribution in [0.2, 0.25) is 5.02 Å². The third kappa shape index (κ3) is 2.61. The molecule has 1 heterocycles. The van der Waals surface area contributed by atoms with Crippen LogP contribution in [0.3, 0.4) is 0 Å². The van der Waals surface area contributed by atoms with Gasteiger partial charge >= 0.3 is 5.97 Å². The molecule has 1 N–H and O–H groups in total. The number of hydrogen-bond acceptors (Lipinski definition) is 5. The maximum absolute atomic E-state index is 11.6. The first-order chi connectivity index (χ1) is 8.67. The zero-order chi connectivity index (χ0) is 13.1. The van der Waals surface area contributed by atoms with Gasteiger partial charge in [0.05, 0.1) is 7.11 Å². The summed E-state index contributed by atoms with van der Waals surface area (Å²) in [6, 6.07) is 0. The smallest absolute Gasteiger partial charge is 0.358 e. The maximum Gasteiger partial charge on any atom is 0.358 e. The molecule has 0 bridgehead atoms. The summed E-state index contributed by atoms with van der Waals surface area (Å²) in [6.45, 7) is 4.12. The van der Waals surface area contributed by atoms with Gasteiger partial charge < -0.3 is 10.1 Å². The summed E-state index contributed by atoms with van der Waals surface area (Å²) in [5, 5.41) is 3.18. The maximum atomic E-state index is 11.6. The van der Waals surface area contributed by atoms with E-state index < -0.39 is 5.97 Å². The Balaban J connectivity index is 2.40. The molecule has 1 aromatic heterocycles. The monoisotopic (exact) mass is 267 g/mol. The van der Waals surface area contributed by atoms with Crippen LogP contribution in [0.15, 0.2) is 12.7 Å². The third-order valence-corrected chi connectivity index (χ3v) is 2.96. The lowest BCUT2D eigenvalue weighted by atomic mass is 10.3. The van der Waals surface area contributed by atoms with E-state index in [-0.39, 0.29) is 10.7 Å². The highest BCUT2D eigenvalue weighted by Crippen LogP contribution is 2.39. The molecule has 0 unspecified atom stereocenters. The summed E-state index contributed by atoms with van der Waals surface area (Å²) in [6.07, 6.45) is 3.78. The Morgan fingerprint density at radius 2 is 2.33 bits per heavy atom. The lowest BCUT2D eigenvalue weighted by molar-refractivity contribution is 0.0593. The van der Waals surface area contributed by atoms with Gasteiger partial charge in [-0.25, -0.2) is 14.8 Å². The molecule has 0 radical (unpaired) electrons. The molecule has 0 aliphatic heterocycles. The second kappa shape index (κ2) is 5.35. The number of nitrogens with one attached hydrogen (secondary N) is 1. The molecule has 1 aliphatic carbocycles. The van der Waals surface area contributed by atoms with E-state index in [1.54, 1.807) is 6.08 Å². The highest BCUT2D eigenvalue weighted by Gasteiger charge is 2.30. The van der Waals surface area contributed by atoms with Gasteiger partial charge in [-0.15, -0.1) is 6.58 Å². The number of nitrogens with zero attached hydrogens (tertiary/aromatic N) is 2. The molecule has 0 atom stereocenters. The molecule has 18 heavy (non-hydrogen) atoms. The Hall–Kier alpha value is -1.62. The van der Waals surface area contributed by atoms with Crippen LogP contribution in [-0.4, -0.2) is 29.6 Å². The van der Waals surface area contributed by atoms with Crippen molar-refractivity contribution in [2.45, 2.75) is 18.8 Å². The van der Waals surface area contributed by atoms with Crippen molar-refractivity contribution in [2.24, 2.45) is 0 Å². The zero-order valence-corrected chi connectivity index (χ0v) is 10.8. The largest absolute Gasteiger partial charge is 0.464 e. The van der Waals surface area contributed by atoms with Crippen LogP contribution in [0.4, 0.5) is 5.82 Å². The second-order valence-electron chi connectivity index (χ2n) is 4.03. The SMILES string of the molecule is C=CCNc1nc(C2CC2)nc(C(=O)OC)c1Cl. The van der Waals surface area contributed by atoms with Gasteiger partial charge in [0.25, 0.3) is 0 Å². The Kier molecular flexibility index (Phi) is 3.81. The standard InChI is InChI=1S/C12H14ClN3O2/c1-3-6-14-11-8(13)9(12(17)18-2)15-10(16-11)7-4-5-7/h3,7H,1,4-6H2,2H3,(H,14,15,16). The number of carbonyl (C=O) groups excluding carboxylic acids is 1. The van der Waals surface area contributed by atoms with Gasteiger partial charge in [0.1, 0.15) is 16.7 Å². The summed E-state index contributed by atoms with van der Waals surface area (Å²) < 4.78 is 4.67. The fraction of sp³-hybridized carbons (Fsp3) is 0.417. The van der Waals surface area contributed by atoms with E-state index in [2.05, 4.69) is 26.6 Å². The van der Waals surface area contributed by atoms with E-state index in [9.17, 15) is 4.79 Å².